The summed E-state index contributed by atoms with van der Waals surface area (Å²) < 4.78 is 0. The number of hydrogen-bond acceptors (Lipinski definition) is 4. The third kappa shape index (κ3) is 2.86. The van der Waals surface area contributed by atoms with Crippen molar-refractivity contribution >= 4 is 17.5 Å². The number of carbonyl (C=O) groups excluding carboxylic acids is 1. The van der Waals surface area contributed by atoms with Gasteiger partial charge in [-0.3, -0.25) is 4.79 Å². The van der Waals surface area contributed by atoms with E-state index in [9.17, 15) is 4.79 Å². The van der Waals surface area contributed by atoms with E-state index in [1.165, 1.54) is 24.1 Å². The maximum atomic E-state index is 12.6. The van der Waals surface area contributed by atoms with Crippen LogP contribution in [0.15, 0.2) is 36.7 Å². The Balaban J connectivity index is 1.52. The molecule has 1 saturated heterocycles. The number of anilines is 2. The number of para-hydroxylation sites is 1. The van der Waals surface area contributed by atoms with Crippen LogP contribution in [0, 0.1) is 0 Å². The second kappa shape index (κ2) is 6.59. The van der Waals surface area contributed by atoms with Gasteiger partial charge in [-0.15, -0.1) is 0 Å². The number of nitrogens with zero attached hydrogens (tertiary/aromatic N) is 4. The lowest BCUT2D eigenvalue weighted by Gasteiger charge is -2.21. The van der Waals surface area contributed by atoms with Crippen LogP contribution in [-0.2, 0) is 6.42 Å². The average molecular weight is 322 g/mol. The molecule has 2 aromatic rings. The molecule has 1 fully saturated rings. The van der Waals surface area contributed by atoms with E-state index in [-0.39, 0.29) is 5.91 Å². The molecular weight excluding hydrogens is 300 g/mol. The highest BCUT2D eigenvalue weighted by Crippen LogP contribution is 2.31. The maximum Gasteiger partial charge on any atom is 0.256 e. The molecule has 4 rings (SSSR count). The van der Waals surface area contributed by atoms with E-state index in [1.54, 1.807) is 12.4 Å². The Labute approximate surface area is 142 Å². The predicted molar refractivity (Wildman–Crippen MR) is 93.6 cm³/mol. The normalized spacial score (nSPS) is 17.5. The van der Waals surface area contributed by atoms with Gasteiger partial charge in [0.15, 0.2) is 0 Å². The number of fused-ring (bicyclic) bond motifs is 1. The highest BCUT2D eigenvalue weighted by Gasteiger charge is 2.23. The largest absolute Gasteiger partial charge is 0.339 e. The van der Waals surface area contributed by atoms with Crippen LogP contribution in [-0.4, -0.2) is 40.4 Å². The Morgan fingerprint density at radius 1 is 0.917 bits per heavy atom. The lowest BCUT2D eigenvalue weighted by Crippen LogP contribution is -2.32. The predicted octanol–water partition coefficient (Wildman–Crippen LogP) is 3.19. The number of benzene rings is 1. The van der Waals surface area contributed by atoms with Crippen molar-refractivity contribution in [1.82, 2.24) is 14.9 Å². The molecule has 0 bridgehead atoms. The van der Waals surface area contributed by atoms with Crippen molar-refractivity contribution in [3.63, 3.8) is 0 Å². The van der Waals surface area contributed by atoms with Gasteiger partial charge in [-0.05, 0) is 30.9 Å². The summed E-state index contributed by atoms with van der Waals surface area (Å²) >= 11 is 0. The molecule has 0 spiro atoms. The van der Waals surface area contributed by atoms with Gasteiger partial charge in [0.1, 0.15) is 0 Å². The van der Waals surface area contributed by atoms with E-state index in [0.717, 1.165) is 38.9 Å². The maximum absolute atomic E-state index is 12.6. The second-order valence-electron chi connectivity index (χ2n) is 6.51. The van der Waals surface area contributed by atoms with E-state index < -0.39 is 0 Å². The summed E-state index contributed by atoms with van der Waals surface area (Å²) in [6, 6.07) is 8.34. The first-order valence-electron chi connectivity index (χ1n) is 8.80. The number of rotatable bonds is 2. The van der Waals surface area contributed by atoms with Gasteiger partial charge in [0, 0.05) is 37.7 Å². The van der Waals surface area contributed by atoms with E-state index in [1.807, 2.05) is 11.0 Å². The highest BCUT2D eigenvalue weighted by molar-refractivity contribution is 5.93. The minimum absolute atomic E-state index is 0.0604. The fourth-order valence-corrected chi connectivity index (χ4v) is 3.57. The van der Waals surface area contributed by atoms with Crippen molar-refractivity contribution in [2.75, 3.05) is 24.5 Å². The molecule has 2 aliphatic rings. The molecule has 5 heteroatoms. The average Bonchev–Trinajstić information content (AvgIpc) is 2.87. The third-order valence-electron chi connectivity index (χ3n) is 4.91. The smallest absolute Gasteiger partial charge is 0.256 e. The van der Waals surface area contributed by atoms with Crippen molar-refractivity contribution in [3.8, 4) is 0 Å². The SMILES string of the molecule is O=C(c1cnc(N2CCc3ccccc32)nc1)N1CCCCCC1. The topological polar surface area (TPSA) is 49.3 Å². The zero-order valence-electron chi connectivity index (χ0n) is 13.8. The minimum atomic E-state index is 0.0604. The van der Waals surface area contributed by atoms with Crippen molar-refractivity contribution in [2.45, 2.75) is 32.1 Å². The van der Waals surface area contributed by atoms with Crippen LogP contribution in [0.2, 0.25) is 0 Å². The molecule has 124 valence electrons. The van der Waals surface area contributed by atoms with Gasteiger partial charge in [-0.1, -0.05) is 31.0 Å². The molecule has 0 atom stereocenters. The van der Waals surface area contributed by atoms with Crippen LogP contribution >= 0.6 is 0 Å². The van der Waals surface area contributed by atoms with Gasteiger partial charge >= 0.3 is 0 Å². The first-order chi connectivity index (χ1) is 11.8. The van der Waals surface area contributed by atoms with Crippen molar-refractivity contribution in [2.24, 2.45) is 0 Å². The van der Waals surface area contributed by atoms with Crippen LogP contribution in [0.5, 0.6) is 0 Å². The summed E-state index contributed by atoms with van der Waals surface area (Å²) in [5.74, 6) is 0.734. The molecule has 2 aliphatic heterocycles. The Morgan fingerprint density at radius 2 is 1.62 bits per heavy atom. The molecule has 3 heterocycles. The van der Waals surface area contributed by atoms with Crippen molar-refractivity contribution in [3.05, 3.63) is 47.8 Å². The van der Waals surface area contributed by atoms with Crippen LogP contribution in [0.3, 0.4) is 0 Å². The summed E-state index contributed by atoms with van der Waals surface area (Å²) in [5.41, 5.74) is 3.09. The van der Waals surface area contributed by atoms with Gasteiger partial charge in [0.25, 0.3) is 5.91 Å². The molecular formula is C19H22N4O. The summed E-state index contributed by atoms with van der Waals surface area (Å²) in [7, 11) is 0. The van der Waals surface area contributed by atoms with Crippen LogP contribution < -0.4 is 4.90 Å². The molecule has 0 aliphatic carbocycles. The Bertz CT molecular complexity index is 720. The Morgan fingerprint density at radius 3 is 2.38 bits per heavy atom. The van der Waals surface area contributed by atoms with Crippen molar-refractivity contribution in [1.29, 1.82) is 0 Å². The van der Waals surface area contributed by atoms with Crippen LogP contribution in [0.1, 0.15) is 41.6 Å². The highest BCUT2D eigenvalue weighted by atomic mass is 16.2. The Kier molecular flexibility index (Phi) is 4.15. The third-order valence-corrected chi connectivity index (χ3v) is 4.91. The molecule has 1 aromatic heterocycles. The summed E-state index contributed by atoms with van der Waals surface area (Å²) in [6.07, 6.45) is 8.98. The minimum Gasteiger partial charge on any atom is -0.339 e. The quantitative estimate of drug-likeness (QED) is 0.852. The van der Waals surface area contributed by atoms with E-state index in [4.69, 9.17) is 0 Å². The van der Waals surface area contributed by atoms with E-state index in [2.05, 4.69) is 33.1 Å². The number of amides is 1. The molecule has 1 amide bonds. The molecule has 0 radical (unpaired) electrons. The molecule has 1 aromatic carbocycles. The molecule has 0 N–H and O–H groups in total. The molecule has 24 heavy (non-hydrogen) atoms. The van der Waals surface area contributed by atoms with E-state index >= 15 is 0 Å². The molecule has 0 unspecified atom stereocenters. The van der Waals surface area contributed by atoms with Gasteiger partial charge < -0.3 is 9.80 Å². The molecule has 0 saturated carbocycles. The monoisotopic (exact) mass is 322 g/mol. The first kappa shape index (κ1) is 15.1. The fourth-order valence-electron chi connectivity index (χ4n) is 3.57. The zero-order chi connectivity index (χ0) is 16.4. The summed E-state index contributed by atoms with van der Waals surface area (Å²) in [5, 5.41) is 0. The van der Waals surface area contributed by atoms with E-state index in [0.29, 0.717) is 11.5 Å². The van der Waals surface area contributed by atoms with Gasteiger partial charge in [-0.25, -0.2) is 9.97 Å². The van der Waals surface area contributed by atoms with Gasteiger partial charge in [-0.2, -0.15) is 0 Å². The van der Waals surface area contributed by atoms with Crippen molar-refractivity contribution < 1.29 is 4.79 Å². The standard InChI is InChI=1S/C19H22N4O/c24-18(22-10-5-1-2-6-11-22)16-13-20-19(21-14-16)23-12-9-15-7-3-4-8-17(15)23/h3-4,7-8,13-14H,1-2,5-6,9-12H2. The fraction of sp³-hybridized carbons (Fsp3) is 0.421. The number of carbonyl (C=O) groups is 1. The van der Waals surface area contributed by atoms with Gasteiger partial charge in [0.2, 0.25) is 5.95 Å². The zero-order valence-corrected chi connectivity index (χ0v) is 13.8. The lowest BCUT2D eigenvalue weighted by molar-refractivity contribution is 0.0761. The lowest BCUT2D eigenvalue weighted by atomic mass is 10.2. The van der Waals surface area contributed by atoms with Crippen LogP contribution in [0.25, 0.3) is 0 Å². The first-order valence-corrected chi connectivity index (χ1v) is 8.80. The Hall–Kier alpha value is -2.43. The number of likely N-dealkylation sites (tertiary alicyclic amines) is 1. The second-order valence-corrected chi connectivity index (χ2v) is 6.51. The summed E-state index contributed by atoms with van der Waals surface area (Å²) in [6.45, 7) is 2.58. The summed E-state index contributed by atoms with van der Waals surface area (Å²) in [4.78, 5) is 25.6. The van der Waals surface area contributed by atoms with Crippen LogP contribution in [0.4, 0.5) is 11.6 Å². The number of aromatic nitrogens is 2. The number of hydrogen-bond donors (Lipinski definition) is 0. The molecule has 5 nitrogen and oxygen atoms in total. The van der Waals surface area contributed by atoms with Gasteiger partial charge in [0.05, 0.1) is 5.56 Å².